The molecular weight excluding hydrogens is 348 g/mol. The summed E-state index contributed by atoms with van der Waals surface area (Å²) in [6.07, 6.45) is 2.86. The Morgan fingerprint density at radius 2 is 1.78 bits per heavy atom. The van der Waals surface area contributed by atoms with Gasteiger partial charge in [0.2, 0.25) is 0 Å². The number of carbonyl (C=O) groups excluding carboxylic acids is 1. The Bertz CT molecular complexity index is 1080. The Hall–Kier alpha value is -3.54. The van der Waals surface area contributed by atoms with Crippen LogP contribution in [0, 0.1) is 6.92 Å². The van der Waals surface area contributed by atoms with E-state index in [9.17, 15) is 9.59 Å². The maximum Gasteiger partial charge on any atom is 0.336 e. The summed E-state index contributed by atoms with van der Waals surface area (Å²) in [6, 6.07) is 11.6. The third-order valence-corrected chi connectivity index (χ3v) is 3.98. The molecule has 0 N–H and O–H groups in total. The second kappa shape index (κ2) is 7.78. The van der Waals surface area contributed by atoms with Gasteiger partial charge >= 0.3 is 11.6 Å². The summed E-state index contributed by atoms with van der Waals surface area (Å²) in [6.45, 7) is 1.81. The van der Waals surface area contributed by atoms with E-state index < -0.39 is 11.6 Å². The summed E-state index contributed by atoms with van der Waals surface area (Å²) in [7, 11) is 3.10. The molecule has 1 heterocycles. The van der Waals surface area contributed by atoms with E-state index in [2.05, 4.69) is 0 Å². The number of hydrogen-bond acceptors (Lipinski definition) is 6. The molecule has 138 valence electrons. The molecule has 0 bridgehead atoms. The van der Waals surface area contributed by atoms with Crippen LogP contribution in [0.1, 0.15) is 11.1 Å². The Labute approximate surface area is 155 Å². The molecule has 6 heteroatoms. The van der Waals surface area contributed by atoms with Gasteiger partial charge in [0, 0.05) is 29.2 Å². The van der Waals surface area contributed by atoms with Gasteiger partial charge in [0.05, 0.1) is 14.2 Å². The van der Waals surface area contributed by atoms with Gasteiger partial charge in [0.15, 0.2) is 0 Å². The van der Waals surface area contributed by atoms with Crippen molar-refractivity contribution in [1.29, 1.82) is 0 Å². The highest BCUT2D eigenvalue weighted by Gasteiger charge is 2.07. The Kier molecular flexibility index (Phi) is 5.26. The maximum absolute atomic E-state index is 12.1. The van der Waals surface area contributed by atoms with E-state index in [0.29, 0.717) is 22.6 Å². The molecule has 0 aliphatic rings. The fourth-order valence-corrected chi connectivity index (χ4v) is 2.65. The molecule has 3 aromatic rings. The summed E-state index contributed by atoms with van der Waals surface area (Å²) in [4.78, 5) is 23.6. The lowest BCUT2D eigenvalue weighted by atomic mass is 10.1. The Balaban J connectivity index is 1.81. The van der Waals surface area contributed by atoms with Gasteiger partial charge in [0.1, 0.15) is 22.8 Å². The van der Waals surface area contributed by atoms with E-state index in [1.165, 1.54) is 18.2 Å². The molecule has 27 heavy (non-hydrogen) atoms. The summed E-state index contributed by atoms with van der Waals surface area (Å²) < 4.78 is 20.9. The van der Waals surface area contributed by atoms with E-state index in [0.717, 1.165) is 10.9 Å². The average Bonchev–Trinajstić information content (AvgIpc) is 2.65. The van der Waals surface area contributed by atoms with Crippen LogP contribution in [0.25, 0.3) is 17.0 Å². The van der Waals surface area contributed by atoms with Gasteiger partial charge < -0.3 is 18.6 Å². The number of fused-ring (bicyclic) bond motifs is 1. The molecule has 0 saturated heterocycles. The maximum atomic E-state index is 12.1. The molecule has 0 saturated carbocycles. The van der Waals surface area contributed by atoms with Crippen molar-refractivity contribution >= 4 is 23.0 Å². The van der Waals surface area contributed by atoms with E-state index in [-0.39, 0.29) is 5.75 Å². The van der Waals surface area contributed by atoms with Gasteiger partial charge in [-0.25, -0.2) is 9.59 Å². The first-order valence-corrected chi connectivity index (χ1v) is 8.16. The standard InChI is InChI=1S/C21H18O6/c1-13-10-21(23)27-19-12-16(5-7-17(13)19)26-20(22)9-4-14-11-15(24-2)6-8-18(14)25-3/h4-12H,1-3H3/b9-4+. The van der Waals surface area contributed by atoms with Crippen LogP contribution in [-0.4, -0.2) is 20.2 Å². The smallest absolute Gasteiger partial charge is 0.336 e. The van der Waals surface area contributed by atoms with Crippen molar-refractivity contribution in [3.63, 3.8) is 0 Å². The van der Waals surface area contributed by atoms with Gasteiger partial charge in [0.25, 0.3) is 0 Å². The number of methoxy groups -OCH3 is 2. The van der Waals surface area contributed by atoms with Crippen LogP contribution in [0.5, 0.6) is 17.2 Å². The predicted octanol–water partition coefficient (Wildman–Crippen LogP) is 3.74. The lowest BCUT2D eigenvalue weighted by molar-refractivity contribution is -0.128. The van der Waals surface area contributed by atoms with Crippen molar-refractivity contribution in [2.24, 2.45) is 0 Å². The lowest BCUT2D eigenvalue weighted by Crippen LogP contribution is -2.04. The van der Waals surface area contributed by atoms with Crippen LogP contribution in [0.3, 0.4) is 0 Å². The largest absolute Gasteiger partial charge is 0.497 e. The number of benzene rings is 2. The molecule has 1 aromatic heterocycles. The van der Waals surface area contributed by atoms with Crippen LogP contribution in [0.15, 0.2) is 57.8 Å². The second-order valence-electron chi connectivity index (χ2n) is 5.77. The number of aryl methyl sites for hydroxylation is 1. The molecule has 0 atom stereocenters. The number of rotatable bonds is 5. The topological polar surface area (TPSA) is 75.0 Å². The number of hydrogen-bond donors (Lipinski definition) is 0. The minimum Gasteiger partial charge on any atom is -0.497 e. The predicted molar refractivity (Wildman–Crippen MR) is 101 cm³/mol. The molecule has 3 rings (SSSR count). The van der Waals surface area contributed by atoms with Crippen molar-refractivity contribution < 1.29 is 23.4 Å². The molecule has 2 aromatic carbocycles. The second-order valence-corrected chi connectivity index (χ2v) is 5.77. The zero-order chi connectivity index (χ0) is 19.4. The van der Waals surface area contributed by atoms with Crippen molar-refractivity contribution in [2.75, 3.05) is 14.2 Å². The number of esters is 1. The molecule has 0 spiro atoms. The summed E-state index contributed by atoms with van der Waals surface area (Å²) in [5.74, 6) is 0.948. The lowest BCUT2D eigenvalue weighted by Gasteiger charge is -2.07. The molecule has 0 unspecified atom stereocenters. The first-order chi connectivity index (χ1) is 13.0. The normalized spacial score (nSPS) is 10.9. The Morgan fingerprint density at radius 3 is 2.52 bits per heavy atom. The summed E-state index contributed by atoms with van der Waals surface area (Å²) in [5, 5.41) is 0.783. The van der Waals surface area contributed by atoms with E-state index in [4.69, 9.17) is 18.6 Å². The monoisotopic (exact) mass is 366 g/mol. The van der Waals surface area contributed by atoms with Crippen LogP contribution < -0.4 is 19.8 Å². The zero-order valence-corrected chi connectivity index (χ0v) is 15.1. The fraction of sp³-hybridized carbons (Fsp3) is 0.143. The average molecular weight is 366 g/mol. The van der Waals surface area contributed by atoms with Crippen LogP contribution >= 0.6 is 0 Å². The third kappa shape index (κ3) is 4.17. The third-order valence-electron chi connectivity index (χ3n) is 3.98. The van der Waals surface area contributed by atoms with E-state index in [1.807, 2.05) is 6.92 Å². The highest BCUT2D eigenvalue weighted by molar-refractivity contribution is 5.90. The van der Waals surface area contributed by atoms with Crippen molar-refractivity contribution in [2.45, 2.75) is 6.92 Å². The van der Waals surface area contributed by atoms with Gasteiger partial charge in [-0.15, -0.1) is 0 Å². The summed E-state index contributed by atoms with van der Waals surface area (Å²) in [5.41, 5.74) is 1.38. The van der Waals surface area contributed by atoms with Gasteiger partial charge in [-0.2, -0.15) is 0 Å². The highest BCUT2D eigenvalue weighted by atomic mass is 16.5. The Morgan fingerprint density at radius 1 is 1.00 bits per heavy atom. The summed E-state index contributed by atoms with van der Waals surface area (Å²) >= 11 is 0. The molecule has 0 amide bonds. The molecular formula is C21H18O6. The number of carbonyl (C=O) groups is 1. The van der Waals surface area contributed by atoms with Gasteiger partial charge in [-0.05, 0) is 48.9 Å². The minimum atomic E-state index is -0.575. The van der Waals surface area contributed by atoms with Gasteiger partial charge in [-0.3, -0.25) is 0 Å². The van der Waals surface area contributed by atoms with Gasteiger partial charge in [-0.1, -0.05) is 0 Å². The van der Waals surface area contributed by atoms with Crippen LogP contribution in [0.2, 0.25) is 0 Å². The number of ether oxygens (including phenoxy) is 3. The molecule has 0 aliphatic heterocycles. The van der Waals surface area contributed by atoms with E-state index >= 15 is 0 Å². The van der Waals surface area contributed by atoms with Crippen LogP contribution in [-0.2, 0) is 4.79 Å². The molecule has 0 fully saturated rings. The quantitative estimate of drug-likeness (QED) is 0.296. The highest BCUT2D eigenvalue weighted by Crippen LogP contribution is 2.25. The van der Waals surface area contributed by atoms with Crippen molar-refractivity contribution in [3.8, 4) is 17.2 Å². The molecule has 6 nitrogen and oxygen atoms in total. The van der Waals surface area contributed by atoms with E-state index in [1.54, 1.807) is 50.6 Å². The van der Waals surface area contributed by atoms with Crippen molar-refractivity contribution in [1.82, 2.24) is 0 Å². The SMILES string of the molecule is COc1ccc(OC)c(/C=C/C(=O)Oc2ccc3c(C)cc(=O)oc3c2)c1. The fourth-order valence-electron chi connectivity index (χ4n) is 2.65. The first kappa shape index (κ1) is 18.3. The zero-order valence-electron chi connectivity index (χ0n) is 15.1. The molecule has 0 radical (unpaired) electrons. The van der Waals surface area contributed by atoms with Crippen molar-refractivity contribution in [3.05, 3.63) is 70.1 Å². The molecule has 0 aliphatic carbocycles. The first-order valence-electron chi connectivity index (χ1n) is 8.16. The minimum absolute atomic E-state index is 0.281. The van der Waals surface area contributed by atoms with Crippen LogP contribution in [0.4, 0.5) is 0 Å².